The van der Waals surface area contributed by atoms with Gasteiger partial charge in [0.1, 0.15) is 0 Å². The molecule has 8 heteroatoms. The average molecular weight is 429 g/mol. The van der Waals surface area contributed by atoms with E-state index in [9.17, 15) is 29.4 Å². The third-order valence-corrected chi connectivity index (χ3v) is 5.57. The van der Waals surface area contributed by atoms with Crippen molar-refractivity contribution < 1.29 is 38.9 Å². The predicted octanol–water partition coefficient (Wildman–Crippen LogP) is 3.37. The second-order valence-corrected chi connectivity index (χ2v) is 8.98. The fraction of sp³-hybridized carbons (Fsp3) is 0.818. The molecular formula is C22H36O8. The summed E-state index contributed by atoms with van der Waals surface area (Å²) in [5.74, 6) is -7.50. The lowest BCUT2D eigenvalue weighted by molar-refractivity contribution is -0.172. The van der Waals surface area contributed by atoms with Crippen molar-refractivity contribution in [2.24, 2.45) is 35.5 Å². The van der Waals surface area contributed by atoms with Crippen LogP contribution < -0.4 is 0 Å². The lowest BCUT2D eigenvalue weighted by atomic mass is 9.68. The van der Waals surface area contributed by atoms with Gasteiger partial charge < -0.3 is 19.7 Å². The maximum absolute atomic E-state index is 12.7. The second kappa shape index (κ2) is 12.5. The molecule has 1 aliphatic carbocycles. The molecule has 0 heterocycles. The molecule has 0 radical (unpaired) electrons. The topological polar surface area (TPSA) is 127 Å². The zero-order valence-electron chi connectivity index (χ0n) is 18.5. The summed E-state index contributed by atoms with van der Waals surface area (Å²) in [6, 6.07) is 0. The first kappa shape index (κ1) is 25.9. The molecule has 0 aromatic heterocycles. The van der Waals surface area contributed by atoms with Crippen LogP contribution in [0, 0.1) is 35.5 Å². The van der Waals surface area contributed by atoms with Crippen molar-refractivity contribution in [1.29, 1.82) is 0 Å². The predicted molar refractivity (Wildman–Crippen MR) is 109 cm³/mol. The summed E-state index contributed by atoms with van der Waals surface area (Å²) in [4.78, 5) is 48.5. The monoisotopic (exact) mass is 428 g/mol. The van der Waals surface area contributed by atoms with Crippen LogP contribution in [-0.2, 0) is 28.7 Å². The molecule has 0 spiro atoms. The van der Waals surface area contributed by atoms with Gasteiger partial charge in [0.05, 0.1) is 36.9 Å². The minimum Gasteiger partial charge on any atom is -0.481 e. The Labute approximate surface area is 178 Å². The number of carbonyl (C=O) groups excluding carboxylic acids is 2. The lowest BCUT2D eigenvalue weighted by Crippen LogP contribution is -2.46. The lowest BCUT2D eigenvalue weighted by Gasteiger charge is -2.35. The van der Waals surface area contributed by atoms with Gasteiger partial charge in [-0.05, 0) is 50.4 Å². The second-order valence-electron chi connectivity index (χ2n) is 8.98. The minimum atomic E-state index is -1.29. The molecule has 0 bridgehead atoms. The van der Waals surface area contributed by atoms with Gasteiger partial charge in [-0.15, -0.1) is 0 Å². The van der Waals surface area contributed by atoms with Crippen LogP contribution in [0.25, 0.3) is 0 Å². The van der Waals surface area contributed by atoms with E-state index in [1.54, 1.807) is 0 Å². The molecule has 0 aliphatic heterocycles. The van der Waals surface area contributed by atoms with Gasteiger partial charge in [-0.2, -0.15) is 0 Å². The van der Waals surface area contributed by atoms with Gasteiger partial charge in [0.15, 0.2) is 0 Å². The SMILES string of the molecule is CC(C)CCCOC(=O)C1CC(C(=O)O)C(C(=O)O)CC1C(=O)OCCCC(C)C. The fourth-order valence-electron chi connectivity index (χ4n) is 3.81. The van der Waals surface area contributed by atoms with Gasteiger partial charge in [0.25, 0.3) is 0 Å². The van der Waals surface area contributed by atoms with Crippen LogP contribution in [0.2, 0.25) is 0 Å². The average Bonchev–Trinajstić information content (AvgIpc) is 2.66. The van der Waals surface area contributed by atoms with Gasteiger partial charge >= 0.3 is 23.9 Å². The van der Waals surface area contributed by atoms with Crippen LogP contribution in [0.3, 0.4) is 0 Å². The van der Waals surface area contributed by atoms with Gasteiger partial charge in [-0.1, -0.05) is 27.7 Å². The van der Waals surface area contributed by atoms with Crippen molar-refractivity contribution in [3.63, 3.8) is 0 Å². The zero-order valence-corrected chi connectivity index (χ0v) is 18.5. The Balaban J connectivity index is 2.87. The maximum Gasteiger partial charge on any atom is 0.309 e. The Kier molecular flexibility index (Phi) is 10.8. The highest BCUT2D eigenvalue weighted by atomic mass is 16.5. The van der Waals surface area contributed by atoms with E-state index in [0.717, 1.165) is 12.8 Å². The quantitative estimate of drug-likeness (QED) is 0.358. The molecule has 2 N–H and O–H groups in total. The number of rotatable bonds is 12. The minimum absolute atomic E-state index is 0.184. The summed E-state index contributed by atoms with van der Waals surface area (Å²) in [6.45, 7) is 8.58. The van der Waals surface area contributed by atoms with E-state index in [2.05, 4.69) is 27.7 Å². The third-order valence-electron chi connectivity index (χ3n) is 5.57. The summed E-state index contributed by atoms with van der Waals surface area (Å²) in [5.41, 5.74) is 0. The molecule has 8 nitrogen and oxygen atoms in total. The Morgan fingerprint density at radius 2 is 1.03 bits per heavy atom. The summed E-state index contributed by atoms with van der Waals surface area (Å²) in [6.07, 6.45) is 2.58. The van der Waals surface area contributed by atoms with E-state index in [-0.39, 0.29) is 26.1 Å². The first-order valence-electron chi connectivity index (χ1n) is 10.8. The molecule has 30 heavy (non-hydrogen) atoms. The van der Waals surface area contributed by atoms with Crippen molar-refractivity contribution in [3.8, 4) is 0 Å². The summed E-state index contributed by atoms with van der Waals surface area (Å²) >= 11 is 0. The Morgan fingerprint density at radius 3 is 1.30 bits per heavy atom. The standard InChI is InChI=1S/C22H36O8/c1-13(2)7-5-9-29-21(27)17-11-15(19(23)24)16(20(25)26)12-18(17)22(28)30-10-6-8-14(3)4/h13-18H,5-12H2,1-4H3,(H,23,24)(H,25,26). The maximum atomic E-state index is 12.7. The molecule has 1 aliphatic rings. The molecule has 1 saturated carbocycles. The molecule has 1 fully saturated rings. The molecule has 1 rings (SSSR count). The Bertz CT molecular complexity index is 546. The number of aliphatic carboxylic acids is 2. The number of carboxylic acid groups (broad SMARTS) is 2. The third kappa shape index (κ3) is 8.32. The van der Waals surface area contributed by atoms with E-state index in [4.69, 9.17) is 9.47 Å². The van der Waals surface area contributed by atoms with Gasteiger partial charge in [-0.3, -0.25) is 19.2 Å². The zero-order chi connectivity index (χ0) is 22.8. The molecule has 0 saturated heterocycles. The molecule has 172 valence electrons. The van der Waals surface area contributed by atoms with Crippen LogP contribution in [0.1, 0.15) is 66.2 Å². The van der Waals surface area contributed by atoms with Crippen LogP contribution in [0.5, 0.6) is 0 Å². The van der Waals surface area contributed by atoms with Crippen molar-refractivity contribution in [2.75, 3.05) is 13.2 Å². The van der Waals surface area contributed by atoms with Crippen molar-refractivity contribution in [1.82, 2.24) is 0 Å². The Hall–Kier alpha value is -2.12. The van der Waals surface area contributed by atoms with Crippen LogP contribution in [-0.4, -0.2) is 47.3 Å². The highest BCUT2D eigenvalue weighted by Crippen LogP contribution is 2.40. The number of esters is 2. The first-order valence-corrected chi connectivity index (χ1v) is 10.8. The van der Waals surface area contributed by atoms with Crippen molar-refractivity contribution in [2.45, 2.75) is 66.2 Å². The van der Waals surface area contributed by atoms with E-state index >= 15 is 0 Å². The summed E-state index contributed by atoms with van der Waals surface area (Å²) in [7, 11) is 0. The van der Waals surface area contributed by atoms with Gasteiger partial charge in [-0.25, -0.2) is 0 Å². The molecular weight excluding hydrogens is 392 g/mol. The number of carbonyl (C=O) groups is 4. The number of ether oxygens (including phenoxy) is 2. The van der Waals surface area contributed by atoms with Crippen LogP contribution in [0.4, 0.5) is 0 Å². The van der Waals surface area contributed by atoms with Gasteiger partial charge in [0.2, 0.25) is 0 Å². The molecule has 4 unspecified atom stereocenters. The fourth-order valence-corrected chi connectivity index (χ4v) is 3.81. The molecule has 0 amide bonds. The normalized spacial score (nSPS) is 23.9. The van der Waals surface area contributed by atoms with Gasteiger partial charge in [0, 0.05) is 0 Å². The number of hydrogen-bond donors (Lipinski definition) is 2. The van der Waals surface area contributed by atoms with E-state index < -0.39 is 47.5 Å². The highest BCUT2D eigenvalue weighted by molar-refractivity contribution is 5.86. The Morgan fingerprint density at radius 1 is 0.700 bits per heavy atom. The van der Waals surface area contributed by atoms with Crippen molar-refractivity contribution >= 4 is 23.9 Å². The summed E-state index contributed by atoms with van der Waals surface area (Å²) < 4.78 is 10.6. The molecule has 4 atom stereocenters. The van der Waals surface area contributed by atoms with Crippen molar-refractivity contribution in [3.05, 3.63) is 0 Å². The van der Waals surface area contributed by atoms with E-state index in [1.807, 2.05) is 0 Å². The molecule has 0 aromatic carbocycles. The van der Waals surface area contributed by atoms with Crippen LogP contribution in [0.15, 0.2) is 0 Å². The number of carboxylic acids is 2. The van der Waals surface area contributed by atoms with E-state index in [1.165, 1.54) is 0 Å². The molecule has 0 aromatic rings. The highest BCUT2D eigenvalue weighted by Gasteiger charge is 2.50. The number of hydrogen-bond acceptors (Lipinski definition) is 6. The van der Waals surface area contributed by atoms with E-state index in [0.29, 0.717) is 24.7 Å². The first-order chi connectivity index (χ1) is 14.0. The smallest absolute Gasteiger partial charge is 0.309 e. The summed E-state index contributed by atoms with van der Waals surface area (Å²) in [5, 5.41) is 18.9. The largest absolute Gasteiger partial charge is 0.481 e. The van der Waals surface area contributed by atoms with Crippen LogP contribution >= 0.6 is 0 Å².